The van der Waals surface area contributed by atoms with Gasteiger partial charge in [-0.15, -0.1) is 0 Å². The van der Waals surface area contributed by atoms with Gasteiger partial charge in [-0.05, 0) is 6.07 Å². The number of methoxy groups -OCH3 is 1. The molecule has 16 heavy (non-hydrogen) atoms. The maximum Gasteiger partial charge on any atom is 0.334 e. The van der Waals surface area contributed by atoms with Crippen LogP contribution in [0.1, 0.15) is 18.6 Å². The van der Waals surface area contributed by atoms with Gasteiger partial charge in [-0.2, -0.15) is 0 Å². The molecule has 1 aromatic rings. The summed E-state index contributed by atoms with van der Waals surface area (Å²) in [6.07, 6.45) is -0.281. The van der Waals surface area contributed by atoms with Crippen molar-refractivity contribution in [3.8, 4) is 5.75 Å². The minimum atomic E-state index is -0.316. The monoisotopic (exact) mass is 218 g/mol. The summed E-state index contributed by atoms with van der Waals surface area (Å²) in [5.41, 5.74) is 1.42. The highest BCUT2D eigenvalue weighted by molar-refractivity contribution is 5.90. The predicted octanol–water partition coefficient (Wildman–Crippen LogP) is 2.49. The minimum Gasteiger partial charge on any atom is -0.496 e. The number of carbonyl (C=O) groups excluding carboxylic acids is 1. The smallest absolute Gasteiger partial charge is 0.334 e. The Labute approximate surface area is 94.7 Å². The maximum atomic E-state index is 11.4. The first-order chi connectivity index (χ1) is 7.65. The van der Waals surface area contributed by atoms with Crippen molar-refractivity contribution in [3.05, 3.63) is 42.0 Å². The van der Waals surface area contributed by atoms with E-state index in [-0.39, 0.29) is 18.0 Å². The molecule has 0 N–H and O–H groups in total. The van der Waals surface area contributed by atoms with Crippen LogP contribution in [0.5, 0.6) is 5.75 Å². The lowest BCUT2D eigenvalue weighted by atomic mass is 9.94. The van der Waals surface area contributed by atoms with Crippen molar-refractivity contribution in [1.29, 1.82) is 0 Å². The van der Waals surface area contributed by atoms with E-state index < -0.39 is 0 Å². The molecule has 1 aliphatic heterocycles. The van der Waals surface area contributed by atoms with E-state index in [4.69, 9.17) is 9.47 Å². The Kier molecular flexibility index (Phi) is 2.69. The zero-order valence-corrected chi connectivity index (χ0v) is 9.40. The van der Waals surface area contributed by atoms with E-state index in [1.165, 1.54) is 0 Å². The number of hydrogen-bond donors (Lipinski definition) is 0. The quantitative estimate of drug-likeness (QED) is 0.565. The first-order valence-corrected chi connectivity index (χ1v) is 5.18. The largest absolute Gasteiger partial charge is 0.496 e. The van der Waals surface area contributed by atoms with Crippen LogP contribution >= 0.6 is 0 Å². The van der Waals surface area contributed by atoms with Crippen molar-refractivity contribution in [2.24, 2.45) is 5.92 Å². The van der Waals surface area contributed by atoms with Crippen LogP contribution in [0.15, 0.2) is 36.4 Å². The molecule has 0 amide bonds. The van der Waals surface area contributed by atoms with Crippen molar-refractivity contribution in [3.63, 3.8) is 0 Å². The third kappa shape index (κ3) is 1.58. The predicted molar refractivity (Wildman–Crippen MR) is 60.1 cm³/mol. The van der Waals surface area contributed by atoms with Gasteiger partial charge in [0.1, 0.15) is 11.9 Å². The zero-order valence-electron chi connectivity index (χ0n) is 9.40. The molecule has 0 radical (unpaired) electrons. The van der Waals surface area contributed by atoms with E-state index in [2.05, 4.69) is 6.58 Å². The van der Waals surface area contributed by atoms with Gasteiger partial charge in [0.15, 0.2) is 0 Å². The minimum absolute atomic E-state index is 0.0104. The zero-order chi connectivity index (χ0) is 11.7. The van der Waals surface area contributed by atoms with E-state index in [1.54, 1.807) is 7.11 Å². The number of benzene rings is 1. The fourth-order valence-corrected chi connectivity index (χ4v) is 1.90. The van der Waals surface area contributed by atoms with E-state index in [9.17, 15) is 4.79 Å². The maximum absolute atomic E-state index is 11.4. The Morgan fingerprint density at radius 3 is 2.62 bits per heavy atom. The first-order valence-electron chi connectivity index (χ1n) is 5.18. The Hall–Kier alpha value is -1.77. The topological polar surface area (TPSA) is 35.5 Å². The lowest BCUT2D eigenvalue weighted by Crippen LogP contribution is -2.06. The normalized spacial score (nSPS) is 24.4. The summed E-state index contributed by atoms with van der Waals surface area (Å²) in [6.45, 7) is 5.67. The van der Waals surface area contributed by atoms with Crippen LogP contribution < -0.4 is 4.74 Å². The van der Waals surface area contributed by atoms with Gasteiger partial charge >= 0.3 is 5.97 Å². The van der Waals surface area contributed by atoms with Gasteiger partial charge < -0.3 is 9.47 Å². The molecule has 1 heterocycles. The second-order valence-electron chi connectivity index (χ2n) is 3.88. The van der Waals surface area contributed by atoms with Crippen LogP contribution in [0.3, 0.4) is 0 Å². The van der Waals surface area contributed by atoms with E-state index in [0.29, 0.717) is 5.57 Å². The molecule has 0 aromatic heterocycles. The lowest BCUT2D eigenvalue weighted by molar-refractivity contribution is -0.139. The van der Waals surface area contributed by atoms with E-state index in [1.807, 2.05) is 31.2 Å². The average molecular weight is 218 g/mol. The summed E-state index contributed by atoms with van der Waals surface area (Å²) in [6, 6.07) is 7.56. The Bertz CT molecular complexity index is 437. The second kappa shape index (κ2) is 4.00. The van der Waals surface area contributed by atoms with Gasteiger partial charge in [-0.1, -0.05) is 31.7 Å². The van der Waals surface area contributed by atoms with Crippen molar-refractivity contribution in [2.45, 2.75) is 13.0 Å². The van der Waals surface area contributed by atoms with Gasteiger partial charge in [0.2, 0.25) is 0 Å². The molecule has 2 rings (SSSR count). The molecule has 0 saturated carbocycles. The highest BCUT2D eigenvalue weighted by atomic mass is 16.6. The number of para-hydroxylation sites is 1. The fourth-order valence-electron chi connectivity index (χ4n) is 1.90. The van der Waals surface area contributed by atoms with E-state index in [0.717, 1.165) is 11.3 Å². The summed E-state index contributed by atoms with van der Waals surface area (Å²) in [7, 11) is 1.61. The summed E-state index contributed by atoms with van der Waals surface area (Å²) >= 11 is 0. The molecule has 3 heteroatoms. The van der Waals surface area contributed by atoms with Crippen LogP contribution in [-0.2, 0) is 9.53 Å². The number of hydrogen-bond acceptors (Lipinski definition) is 3. The molecule has 1 aromatic carbocycles. The molecule has 1 fully saturated rings. The van der Waals surface area contributed by atoms with Crippen molar-refractivity contribution in [2.75, 3.05) is 7.11 Å². The van der Waals surface area contributed by atoms with Gasteiger partial charge in [0.25, 0.3) is 0 Å². The average Bonchev–Trinajstić information content (AvgIpc) is 2.57. The number of ether oxygens (including phenoxy) is 2. The third-order valence-electron chi connectivity index (χ3n) is 2.95. The summed E-state index contributed by atoms with van der Waals surface area (Å²) in [5.74, 6) is 0.411. The fraction of sp³-hybridized carbons (Fsp3) is 0.308. The number of rotatable bonds is 2. The molecule has 2 atom stereocenters. The number of carbonyl (C=O) groups is 1. The van der Waals surface area contributed by atoms with Crippen LogP contribution in [0.25, 0.3) is 0 Å². The Morgan fingerprint density at radius 1 is 1.38 bits per heavy atom. The number of esters is 1. The summed E-state index contributed by atoms with van der Waals surface area (Å²) in [5, 5.41) is 0. The first kappa shape index (κ1) is 10.7. The molecule has 1 aliphatic rings. The molecular weight excluding hydrogens is 204 g/mol. The van der Waals surface area contributed by atoms with Gasteiger partial charge in [0, 0.05) is 17.1 Å². The molecule has 0 aliphatic carbocycles. The van der Waals surface area contributed by atoms with E-state index >= 15 is 0 Å². The lowest BCUT2D eigenvalue weighted by Gasteiger charge is -2.16. The van der Waals surface area contributed by atoms with Gasteiger partial charge in [0.05, 0.1) is 7.11 Å². The summed E-state index contributed by atoms with van der Waals surface area (Å²) in [4.78, 5) is 11.4. The highest BCUT2D eigenvalue weighted by Crippen LogP contribution is 2.41. The number of cyclic esters (lactones) is 1. The Balaban J connectivity index is 2.38. The second-order valence-corrected chi connectivity index (χ2v) is 3.88. The highest BCUT2D eigenvalue weighted by Gasteiger charge is 2.37. The Morgan fingerprint density at radius 2 is 2.06 bits per heavy atom. The van der Waals surface area contributed by atoms with Crippen LogP contribution in [-0.4, -0.2) is 13.1 Å². The molecule has 3 nitrogen and oxygen atoms in total. The molecule has 1 saturated heterocycles. The molecule has 2 unspecified atom stereocenters. The van der Waals surface area contributed by atoms with Crippen molar-refractivity contribution >= 4 is 5.97 Å². The van der Waals surface area contributed by atoms with Crippen LogP contribution in [0.4, 0.5) is 0 Å². The van der Waals surface area contributed by atoms with Crippen LogP contribution in [0.2, 0.25) is 0 Å². The standard InChI is InChI=1S/C13H14O3/c1-8-9(2)13(14)16-12(8)10-6-4-5-7-11(10)15-3/h4-8,12H,2H2,1,3H3. The molecular formula is C13H14O3. The van der Waals surface area contributed by atoms with Crippen LogP contribution in [0, 0.1) is 5.92 Å². The molecule has 0 bridgehead atoms. The third-order valence-corrected chi connectivity index (χ3v) is 2.95. The molecule has 0 spiro atoms. The van der Waals surface area contributed by atoms with Gasteiger partial charge in [-0.25, -0.2) is 4.79 Å². The van der Waals surface area contributed by atoms with Crippen molar-refractivity contribution < 1.29 is 14.3 Å². The summed E-state index contributed by atoms with van der Waals surface area (Å²) < 4.78 is 10.6. The SMILES string of the molecule is C=C1C(=O)OC(c2ccccc2OC)C1C. The molecule has 84 valence electrons. The van der Waals surface area contributed by atoms with Gasteiger partial charge in [-0.3, -0.25) is 0 Å². The van der Waals surface area contributed by atoms with Crippen molar-refractivity contribution in [1.82, 2.24) is 0 Å².